The summed E-state index contributed by atoms with van der Waals surface area (Å²) in [5.41, 5.74) is 1.98. The van der Waals surface area contributed by atoms with Crippen LogP contribution in [0.3, 0.4) is 0 Å². The first-order valence-corrected chi connectivity index (χ1v) is 5.84. The number of halogens is 1. The highest BCUT2D eigenvalue weighted by atomic mass is 35.5. The van der Waals surface area contributed by atoms with Gasteiger partial charge in [-0.3, -0.25) is 4.79 Å². The van der Waals surface area contributed by atoms with Crippen LogP contribution in [0, 0.1) is 18.8 Å². The van der Waals surface area contributed by atoms with Gasteiger partial charge in [-0.05, 0) is 30.7 Å². The molecule has 15 heavy (non-hydrogen) atoms. The van der Waals surface area contributed by atoms with Gasteiger partial charge >= 0.3 is 0 Å². The number of carbonyl (C=O) groups is 1. The molecule has 0 heterocycles. The van der Waals surface area contributed by atoms with E-state index < -0.39 is 0 Å². The molecule has 0 N–H and O–H groups in total. The van der Waals surface area contributed by atoms with E-state index in [1.165, 1.54) is 18.7 Å². The van der Waals surface area contributed by atoms with E-state index in [0.717, 1.165) is 11.1 Å². The third kappa shape index (κ3) is 4.92. The molecule has 78 valence electrons. The molecule has 0 aliphatic heterocycles. The van der Waals surface area contributed by atoms with Crippen LogP contribution < -0.4 is 0 Å². The maximum atomic E-state index is 10.6. The molecular formula is C12H11ClOS. The van der Waals surface area contributed by atoms with Crippen LogP contribution in [-0.2, 0) is 4.79 Å². The van der Waals surface area contributed by atoms with Gasteiger partial charge in [-0.1, -0.05) is 35.2 Å². The van der Waals surface area contributed by atoms with E-state index in [0.29, 0.717) is 10.8 Å². The van der Waals surface area contributed by atoms with Gasteiger partial charge in [0.05, 0.1) is 5.75 Å². The molecule has 0 spiro atoms. The molecule has 0 radical (unpaired) electrons. The summed E-state index contributed by atoms with van der Waals surface area (Å²) in [7, 11) is 0. The van der Waals surface area contributed by atoms with E-state index in [-0.39, 0.29) is 5.12 Å². The van der Waals surface area contributed by atoms with Crippen molar-refractivity contribution in [1.82, 2.24) is 0 Å². The minimum atomic E-state index is 0.0894. The highest BCUT2D eigenvalue weighted by Gasteiger charge is 1.93. The van der Waals surface area contributed by atoms with Gasteiger partial charge in [-0.15, -0.1) is 0 Å². The van der Waals surface area contributed by atoms with Crippen molar-refractivity contribution < 1.29 is 4.79 Å². The normalized spacial score (nSPS) is 9.27. The van der Waals surface area contributed by atoms with E-state index in [2.05, 4.69) is 11.8 Å². The van der Waals surface area contributed by atoms with Crippen LogP contribution in [-0.4, -0.2) is 10.9 Å². The van der Waals surface area contributed by atoms with Crippen LogP contribution in [0.2, 0.25) is 5.02 Å². The first kappa shape index (κ1) is 12.2. The molecular weight excluding hydrogens is 228 g/mol. The fourth-order valence-corrected chi connectivity index (χ4v) is 1.72. The summed E-state index contributed by atoms with van der Waals surface area (Å²) < 4.78 is 0. The van der Waals surface area contributed by atoms with Crippen LogP contribution in [0.1, 0.15) is 18.1 Å². The van der Waals surface area contributed by atoms with E-state index >= 15 is 0 Å². The maximum Gasteiger partial charge on any atom is 0.186 e. The molecule has 0 amide bonds. The SMILES string of the molecule is CC(=O)SCC#Cc1cc(C)cc(Cl)c1. The monoisotopic (exact) mass is 238 g/mol. The highest BCUT2D eigenvalue weighted by Crippen LogP contribution is 2.13. The fourth-order valence-electron chi connectivity index (χ4n) is 1.08. The quantitative estimate of drug-likeness (QED) is 0.699. The summed E-state index contributed by atoms with van der Waals surface area (Å²) in [5, 5.41) is 0.782. The van der Waals surface area contributed by atoms with Crippen molar-refractivity contribution in [3.05, 3.63) is 34.3 Å². The highest BCUT2D eigenvalue weighted by molar-refractivity contribution is 8.13. The zero-order valence-electron chi connectivity index (χ0n) is 8.63. The first-order valence-electron chi connectivity index (χ1n) is 4.47. The Balaban J connectivity index is 2.67. The van der Waals surface area contributed by atoms with E-state index in [9.17, 15) is 4.79 Å². The number of hydrogen-bond acceptors (Lipinski definition) is 2. The summed E-state index contributed by atoms with van der Waals surface area (Å²) in [6, 6.07) is 5.67. The van der Waals surface area contributed by atoms with Gasteiger partial charge in [0.2, 0.25) is 0 Å². The molecule has 0 bridgehead atoms. The molecule has 0 atom stereocenters. The third-order valence-electron chi connectivity index (χ3n) is 1.62. The topological polar surface area (TPSA) is 17.1 Å². The third-order valence-corrected chi connectivity index (χ3v) is 2.54. The lowest BCUT2D eigenvalue weighted by molar-refractivity contribution is -0.109. The zero-order chi connectivity index (χ0) is 11.3. The van der Waals surface area contributed by atoms with Gasteiger partial charge < -0.3 is 0 Å². The lowest BCUT2D eigenvalue weighted by Crippen LogP contribution is -1.83. The van der Waals surface area contributed by atoms with Crippen molar-refractivity contribution in [3.63, 3.8) is 0 Å². The molecule has 0 aliphatic carbocycles. The Kier molecular flexibility index (Phi) is 4.74. The van der Waals surface area contributed by atoms with Crippen molar-refractivity contribution in [1.29, 1.82) is 0 Å². The van der Waals surface area contributed by atoms with Gasteiger partial charge in [0.1, 0.15) is 0 Å². The second kappa shape index (κ2) is 5.85. The molecule has 0 saturated carbocycles. The largest absolute Gasteiger partial charge is 0.288 e. The number of aryl methyl sites for hydroxylation is 1. The lowest BCUT2D eigenvalue weighted by atomic mass is 10.1. The summed E-state index contributed by atoms with van der Waals surface area (Å²) >= 11 is 7.10. The van der Waals surface area contributed by atoms with Crippen LogP contribution in [0.25, 0.3) is 0 Å². The van der Waals surface area contributed by atoms with Gasteiger partial charge in [-0.2, -0.15) is 0 Å². The van der Waals surface area contributed by atoms with Crippen molar-refractivity contribution in [2.24, 2.45) is 0 Å². The molecule has 3 heteroatoms. The van der Waals surface area contributed by atoms with Gasteiger partial charge in [-0.25, -0.2) is 0 Å². The van der Waals surface area contributed by atoms with Gasteiger partial charge in [0.25, 0.3) is 0 Å². The predicted molar refractivity (Wildman–Crippen MR) is 66.2 cm³/mol. The number of carbonyl (C=O) groups excluding carboxylic acids is 1. The second-order valence-electron chi connectivity index (χ2n) is 3.10. The van der Waals surface area contributed by atoms with Crippen molar-refractivity contribution >= 4 is 28.5 Å². The summed E-state index contributed by atoms with van der Waals surface area (Å²) in [6.45, 7) is 3.51. The smallest absolute Gasteiger partial charge is 0.186 e. The molecule has 0 aromatic heterocycles. The first-order chi connectivity index (χ1) is 7.08. The van der Waals surface area contributed by atoms with Crippen LogP contribution in [0.4, 0.5) is 0 Å². The number of rotatable bonds is 1. The van der Waals surface area contributed by atoms with E-state index in [1.807, 2.05) is 25.1 Å². The molecule has 0 unspecified atom stereocenters. The molecule has 0 saturated heterocycles. The van der Waals surface area contributed by atoms with Gasteiger partial charge in [0.15, 0.2) is 5.12 Å². The Hall–Kier alpha value is -0.910. The summed E-state index contributed by atoms with van der Waals surface area (Å²) in [5.74, 6) is 6.42. The van der Waals surface area contributed by atoms with Crippen molar-refractivity contribution in [2.75, 3.05) is 5.75 Å². The molecule has 1 aromatic carbocycles. The minimum Gasteiger partial charge on any atom is -0.288 e. The average molecular weight is 239 g/mol. The molecule has 0 fully saturated rings. The average Bonchev–Trinajstić information content (AvgIpc) is 2.10. The number of hydrogen-bond donors (Lipinski definition) is 0. The number of benzene rings is 1. The van der Waals surface area contributed by atoms with Crippen LogP contribution in [0.15, 0.2) is 18.2 Å². The maximum absolute atomic E-state index is 10.6. The molecule has 0 aliphatic rings. The van der Waals surface area contributed by atoms with E-state index in [4.69, 9.17) is 11.6 Å². The molecule has 1 rings (SSSR count). The van der Waals surface area contributed by atoms with Crippen LogP contribution >= 0.6 is 23.4 Å². The second-order valence-corrected chi connectivity index (χ2v) is 4.69. The van der Waals surface area contributed by atoms with Crippen molar-refractivity contribution in [2.45, 2.75) is 13.8 Å². The fraction of sp³-hybridized carbons (Fsp3) is 0.250. The molecule has 1 nitrogen and oxygen atoms in total. The van der Waals surface area contributed by atoms with Crippen molar-refractivity contribution in [3.8, 4) is 11.8 Å². The standard InChI is InChI=1S/C12H11ClOS/c1-9-6-11(8-12(13)7-9)4-3-5-15-10(2)14/h6-8H,5H2,1-2H3. The predicted octanol–water partition coefficient (Wildman–Crippen LogP) is 3.28. The molecule has 1 aromatic rings. The van der Waals surface area contributed by atoms with E-state index in [1.54, 1.807) is 0 Å². The minimum absolute atomic E-state index is 0.0894. The zero-order valence-corrected chi connectivity index (χ0v) is 10.2. The Labute approximate surface area is 99.2 Å². The van der Waals surface area contributed by atoms with Gasteiger partial charge in [0, 0.05) is 17.5 Å². The number of thioether (sulfide) groups is 1. The summed E-state index contributed by atoms with van der Waals surface area (Å²) in [6.07, 6.45) is 0. The van der Waals surface area contributed by atoms with Crippen LogP contribution in [0.5, 0.6) is 0 Å². The Bertz CT molecular complexity index is 409. The lowest BCUT2D eigenvalue weighted by Gasteiger charge is -1.95. The summed E-state index contributed by atoms with van der Waals surface area (Å²) in [4.78, 5) is 10.6. The Morgan fingerprint density at radius 2 is 2.20 bits per heavy atom. The Morgan fingerprint density at radius 3 is 2.80 bits per heavy atom. The Morgan fingerprint density at radius 1 is 1.47 bits per heavy atom.